The van der Waals surface area contributed by atoms with Gasteiger partial charge in [-0.1, -0.05) is 107 Å². The monoisotopic (exact) mass is 482 g/mol. The van der Waals surface area contributed by atoms with E-state index < -0.39 is 0 Å². The number of carbonyl (C=O) groups excluding carboxylic acids is 1. The lowest BCUT2D eigenvalue weighted by atomic mass is 10.0. The average Bonchev–Trinajstić information content (AvgIpc) is 2.86. The van der Waals surface area contributed by atoms with Crippen LogP contribution in [0, 0.1) is 0 Å². The molecule has 0 aromatic heterocycles. The molecule has 0 bridgehead atoms. The van der Waals surface area contributed by atoms with Gasteiger partial charge in [0.1, 0.15) is 25.5 Å². The van der Waals surface area contributed by atoms with Crippen LogP contribution in [0.3, 0.4) is 0 Å². The quantitative estimate of drug-likeness (QED) is 0.127. The zero-order chi connectivity index (χ0) is 25.4. The molecule has 0 fully saturated rings. The third-order valence-corrected chi connectivity index (χ3v) is 6.93. The molecule has 0 radical (unpaired) electrons. The Bertz CT molecular complexity index is 834. The highest BCUT2D eigenvalue weighted by Crippen LogP contribution is 2.21. The van der Waals surface area contributed by atoms with E-state index in [1.54, 1.807) is 0 Å². The van der Waals surface area contributed by atoms with Gasteiger partial charge in [0.05, 0.1) is 14.1 Å². The van der Waals surface area contributed by atoms with Gasteiger partial charge in [-0.25, -0.2) is 4.79 Å². The standard InChI is InChI=1S/C31H48NO3/c1-5-6-7-8-9-10-11-12-16-21-29-22-17-18-23-30(29)34-24-25-35-31(33)27(2)32(3,4)26-28-19-14-13-15-20-28/h13-15,17-20,22-23,27H,5-12,16,21,24-26H2,1-4H3/q+1. The summed E-state index contributed by atoms with van der Waals surface area (Å²) in [5.41, 5.74) is 2.46. The lowest BCUT2D eigenvalue weighted by molar-refractivity contribution is -0.917. The van der Waals surface area contributed by atoms with E-state index in [-0.39, 0.29) is 18.6 Å². The minimum atomic E-state index is -0.255. The van der Waals surface area contributed by atoms with Gasteiger partial charge in [0.15, 0.2) is 6.04 Å². The molecule has 0 aliphatic carbocycles. The highest BCUT2D eigenvalue weighted by atomic mass is 16.6. The molecule has 0 aliphatic heterocycles. The fourth-order valence-corrected chi connectivity index (χ4v) is 4.37. The summed E-state index contributed by atoms with van der Waals surface area (Å²) in [6.45, 7) is 5.62. The van der Waals surface area contributed by atoms with Gasteiger partial charge in [-0.15, -0.1) is 0 Å². The summed E-state index contributed by atoms with van der Waals surface area (Å²) < 4.78 is 12.1. The number of ether oxygens (including phenoxy) is 2. The maximum Gasteiger partial charge on any atom is 0.364 e. The first-order chi connectivity index (χ1) is 16.9. The van der Waals surface area contributed by atoms with Crippen molar-refractivity contribution in [3.8, 4) is 5.75 Å². The Morgan fingerprint density at radius 3 is 2.09 bits per heavy atom. The van der Waals surface area contributed by atoms with Gasteiger partial charge in [0, 0.05) is 5.56 Å². The smallest absolute Gasteiger partial charge is 0.364 e. The van der Waals surface area contributed by atoms with E-state index in [0.717, 1.165) is 18.7 Å². The molecule has 35 heavy (non-hydrogen) atoms. The molecule has 0 amide bonds. The lowest BCUT2D eigenvalue weighted by Gasteiger charge is -2.34. The van der Waals surface area contributed by atoms with E-state index in [4.69, 9.17) is 9.47 Å². The summed E-state index contributed by atoms with van der Waals surface area (Å²) in [5, 5.41) is 0. The first kappa shape index (κ1) is 28.9. The zero-order valence-corrected chi connectivity index (χ0v) is 22.6. The van der Waals surface area contributed by atoms with Crippen LogP contribution in [-0.2, 0) is 22.5 Å². The van der Waals surface area contributed by atoms with Gasteiger partial charge in [-0.2, -0.15) is 0 Å². The van der Waals surface area contributed by atoms with Crippen molar-refractivity contribution in [3.05, 3.63) is 65.7 Å². The molecule has 194 valence electrons. The predicted molar refractivity (Wildman–Crippen MR) is 146 cm³/mol. The van der Waals surface area contributed by atoms with Gasteiger partial charge in [0.2, 0.25) is 0 Å². The van der Waals surface area contributed by atoms with Crippen LogP contribution in [0.4, 0.5) is 0 Å². The van der Waals surface area contributed by atoms with Crippen molar-refractivity contribution in [3.63, 3.8) is 0 Å². The summed E-state index contributed by atoms with van der Waals surface area (Å²) in [7, 11) is 4.14. The fourth-order valence-electron chi connectivity index (χ4n) is 4.37. The van der Waals surface area contributed by atoms with Crippen molar-refractivity contribution < 1.29 is 18.8 Å². The minimum Gasteiger partial charge on any atom is -0.490 e. The number of nitrogens with zero attached hydrogens (tertiary/aromatic N) is 1. The van der Waals surface area contributed by atoms with E-state index in [2.05, 4.69) is 45.3 Å². The van der Waals surface area contributed by atoms with Crippen molar-refractivity contribution in [1.82, 2.24) is 0 Å². The van der Waals surface area contributed by atoms with E-state index in [0.29, 0.717) is 11.1 Å². The molecule has 0 spiro atoms. The van der Waals surface area contributed by atoms with Crippen LogP contribution in [0.2, 0.25) is 0 Å². The van der Waals surface area contributed by atoms with Gasteiger partial charge in [0.25, 0.3) is 0 Å². The molecule has 2 aromatic carbocycles. The first-order valence-corrected chi connectivity index (χ1v) is 13.7. The molecule has 0 saturated carbocycles. The number of benzene rings is 2. The SMILES string of the molecule is CCCCCCCCCCCc1ccccc1OCCOC(=O)C(C)[N+](C)(C)Cc1ccccc1. The Morgan fingerprint density at radius 1 is 0.800 bits per heavy atom. The normalized spacial score (nSPS) is 12.3. The maximum atomic E-state index is 12.7. The number of unbranched alkanes of at least 4 members (excludes halogenated alkanes) is 8. The second kappa shape index (κ2) is 16.4. The van der Waals surface area contributed by atoms with Crippen molar-refractivity contribution >= 4 is 5.97 Å². The summed E-state index contributed by atoms with van der Waals surface area (Å²) in [6, 6.07) is 18.3. The fraction of sp³-hybridized carbons (Fsp3) is 0.581. The first-order valence-electron chi connectivity index (χ1n) is 13.7. The second-order valence-electron chi connectivity index (χ2n) is 10.3. The highest BCUT2D eigenvalue weighted by molar-refractivity contribution is 5.74. The maximum absolute atomic E-state index is 12.7. The Labute approximate surface area is 214 Å². The molecule has 1 atom stereocenters. The molecule has 2 aromatic rings. The van der Waals surface area contributed by atoms with Crippen LogP contribution in [-0.4, -0.2) is 43.8 Å². The van der Waals surface area contributed by atoms with Crippen LogP contribution < -0.4 is 4.74 Å². The van der Waals surface area contributed by atoms with E-state index in [1.165, 1.54) is 68.9 Å². The van der Waals surface area contributed by atoms with Crippen molar-refractivity contribution in [2.75, 3.05) is 27.3 Å². The molecule has 0 N–H and O–H groups in total. The average molecular weight is 483 g/mol. The van der Waals surface area contributed by atoms with Crippen LogP contribution in [0.25, 0.3) is 0 Å². The Balaban J connectivity index is 1.67. The topological polar surface area (TPSA) is 35.5 Å². The highest BCUT2D eigenvalue weighted by Gasteiger charge is 2.32. The lowest BCUT2D eigenvalue weighted by Crippen LogP contribution is -2.51. The van der Waals surface area contributed by atoms with Crippen LogP contribution in [0.1, 0.15) is 82.8 Å². The van der Waals surface area contributed by atoms with E-state index in [1.807, 2.05) is 37.3 Å². The second-order valence-corrected chi connectivity index (χ2v) is 10.3. The number of carbonyl (C=O) groups is 1. The molecule has 2 rings (SSSR count). The van der Waals surface area contributed by atoms with Crippen LogP contribution >= 0.6 is 0 Å². The van der Waals surface area contributed by atoms with Gasteiger partial charge in [-0.3, -0.25) is 0 Å². The van der Waals surface area contributed by atoms with E-state index >= 15 is 0 Å². The molecule has 4 heteroatoms. The van der Waals surface area contributed by atoms with Crippen molar-refractivity contribution in [2.24, 2.45) is 0 Å². The Morgan fingerprint density at radius 2 is 1.40 bits per heavy atom. The molecular formula is C31H48NO3+. The summed E-state index contributed by atoms with van der Waals surface area (Å²) >= 11 is 0. The molecule has 0 saturated heterocycles. The Hall–Kier alpha value is -2.33. The number of aryl methyl sites for hydroxylation is 1. The molecule has 1 unspecified atom stereocenters. The van der Waals surface area contributed by atoms with E-state index in [9.17, 15) is 4.79 Å². The molecule has 0 heterocycles. The third-order valence-electron chi connectivity index (χ3n) is 6.93. The minimum absolute atomic E-state index is 0.183. The Kier molecular flexibility index (Phi) is 13.5. The van der Waals surface area contributed by atoms with Crippen molar-refractivity contribution in [2.45, 2.75) is 90.6 Å². The number of rotatable bonds is 18. The molecule has 4 nitrogen and oxygen atoms in total. The number of likely N-dealkylation sites (N-methyl/N-ethyl adjacent to an activating group) is 1. The number of quaternary nitrogens is 1. The largest absolute Gasteiger partial charge is 0.490 e. The van der Waals surface area contributed by atoms with Gasteiger partial charge in [-0.05, 0) is 31.4 Å². The summed E-state index contributed by atoms with van der Waals surface area (Å²) in [5.74, 6) is 0.730. The molecule has 0 aliphatic rings. The third kappa shape index (κ3) is 11.3. The van der Waals surface area contributed by atoms with Crippen LogP contribution in [0.5, 0.6) is 5.75 Å². The predicted octanol–water partition coefficient (Wildman–Crippen LogP) is 7.35. The number of esters is 1. The molecular weight excluding hydrogens is 434 g/mol. The summed E-state index contributed by atoms with van der Waals surface area (Å²) in [4.78, 5) is 12.7. The number of hydrogen-bond acceptors (Lipinski definition) is 3. The number of para-hydroxylation sites is 1. The van der Waals surface area contributed by atoms with Crippen LogP contribution in [0.15, 0.2) is 54.6 Å². The van der Waals surface area contributed by atoms with Gasteiger partial charge < -0.3 is 14.0 Å². The summed E-state index contributed by atoms with van der Waals surface area (Å²) in [6.07, 6.45) is 13.0. The number of hydrogen-bond donors (Lipinski definition) is 0. The zero-order valence-electron chi connectivity index (χ0n) is 22.6. The van der Waals surface area contributed by atoms with Gasteiger partial charge >= 0.3 is 5.97 Å². The van der Waals surface area contributed by atoms with Crippen molar-refractivity contribution in [1.29, 1.82) is 0 Å².